The average Bonchev–Trinajstić information content (AvgIpc) is 3.00. The van der Waals surface area contributed by atoms with E-state index in [1.807, 2.05) is 0 Å². The van der Waals surface area contributed by atoms with Gasteiger partial charge in [-0.25, -0.2) is 14.2 Å². The Labute approximate surface area is 258 Å². The summed E-state index contributed by atoms with van der Waals surface area (Å²) in [5.74, 6) is -0.844. The smallest absolute Gasteiger partial charge is 0.475 e. The first-order chi connectivity index (χ1) is 21.4. The number of nitrogen functional groups attached to an aromatic ring is 1. The first-order valence-corrected chi connectivity index (χ1v) is 14.8. The molecule has 0 fully saturated rings. The first-order valence-electron chi connectivity index (χ1n) is 13.2. The number of hydrogen-bond acceptors (Lipinski definition) is 9. The van der Waals surface area contributed by atoms with Gasteiger partial charge in [0.1, 0.15) is 24.7 Å². The number of benzene rings is 3. The number of para-hydroxylation sites is 2. The number of carbonyl (C=O) groups excluding carboxylic acids is 1. The van der Waals surface area contributed by atoms with Crippen LogP contribution < -0.4 is 19.7 Å². The van der Waals surface area contributed by atoms with Crippen LogP contribution in [-0.4, -0.2) is 62.2 Å². The van der Waals surface area contributed by atoms with Crippen molar-refractivity contribution in [3.05, 3.63) is 84.9 Å². The summed E-state index contributed by atoms with van der Waals surface area (Å²) in [4.78, 5) is 23.5. The molecule has 3 aromatic carbocycles. The van der Waals surface area contributed by atoms with Crippen molar-refractivity contribution in [2.75, 3.05) is 43.7 Å². The molecule has 0 bridgehead atoms. The monoisotopic (exact) mass is 652 g/mol. The number of carboxylic acids is 1. The molecule has 0 heterocycles. The minimum Gasteiger partial charge on any atom is -0.475 e. The minimum atomic E-state index is -5.08. The molecule has 45 heavy (non-hydrogen) atoms. The molecule has 242 valence electrons. The van der Waals surface area contributed by atoms with Crippen LogP contribution in [0.2, 0.25) is 0 Å². The van der Waals surface area contributed by atoms with Gasteiger partial charge in [-0.1, -0.05) is 42.3 Å². The Balaban J connectivity index is 0.000000900. The van der Waals surface area contributed by atoms with Crippen molar-refractivity contribution >= 4 is 31.0 Å². The number of carbonyl (C=O) groups is 2. The molecule has 15 heteroatoms. The number of aliphatic carboxylic acids is 1. The van der Waals surface area contributed by atoms with Crippen molar-refractivity contribution in [3.8, 4) is 23.8 Å². The molecule has 3 N–H and O–H groups in total. The van der Waals surface area contributed by atoms with E-state index in [1.54, 1.807) is 91.9 Å². The Kier molecular flexibility index (Phi) is 14.7. The summed E-state index contributed by atoms with van der Waals surface area (Å²) in [6, 6.07) is 23.7. The molecule has 0 saturated heterocycles. The zero-order valence-corrected chi connectivity index (χ0v) is 25.0. The number of amides is 1. The summed E-state index contributed by atoms with van der Waals surface area (Å²) in [5, 5.41) is 7.12. The van der Waals surface area contributed by atoms with Crippen molar-refractivity contribution in [1.82, 2.24) is 0 Å². The van der Waals surface area contributed by atoms with E-state index >= 15 is 0 Å². The number of carboxylic acid groups (broad SMARTS) is 1. The lowest BCUT2D eigenvalue weighted by atomic mass is 10.2. The van der Waals surface area contributed by atoms with Crippen molar-refractivity contribution < 1.29 is 55.7 Å². The number of anilines is 2. The number of nitrogens with zero attached hydrogens (tertiary/aromatic N) is 1. The summed E-state index contributed by atoms with van der Waals surface area (Å²) in [7, 11) is -4.07. The van der Waals surface area contributed by atoms with Crippen LogP contribution in [0.1, 0.15) is 6.92 Å². The Morgan fingerprint density at radius 2 is 1.36 bits per heavy atom. The lowest BCUT2D eigenvalue weighted by molar-refractivity contribution is -0.192. The van der Waals surface area contributed by atoms with Crippen molar-refractivity contribution in [3.63, 3.8) is 0 Å². The van der Waals surface area contributed by atoms with E-state index in [2.05, 4.69) is 5.92 Å². The number of ether oxygens (including phenoxy) is 3. The molecular weight excluding hydrogens is 620 g/mol. The highest BCUT2D eigenvalue weighted by atomic mass is 31.2. The maximum atomic E-state index is 14.4. The van der Waals surface area contributed by atoms with Gasteiger partial charge in [-0.15, -0.1) is 6.42 Å². The molecule has 1 amide bonds. The summed E-state index contributed by atoms with van der Waals surface area (Å²) in [6.45, 7) is 2.47. The van der Waals surface area contributed by atoms with Crippen LogP contribution in [0.4, 0.5) is 29.3 Å². The van der Waals surface area contributed by atoms with E-state index in [-0.39, 0.29) is 19.8 Å². The van der Waals surface area contributed by atoms with Crippen LogP contribution in [0, 0.1) is 12.3 Å². The van der Waals surface area contributed by atoms with Crippen LogP contribution in [0.5, 0.6) is 11.5 Å². The highest BCUT2D eigenvalue weighted by molar-refractivity contribution is 7.55. The third kappa shape index (κ3) is 12.8. The third-order valence-electron chi connectivity index (χ3n) is 5.40. The van der Waals surface area contributed by atoms with Gasteiger partial charge in [-0.05, 0) is 55.5 Å². The SMILES string of the molecule is C#CCOCCOCCOC(=O)N(c1ccc(N)cc1)C(C)P(=O)(Oc1ccccc1)Oc1ccccc1.O=C(O)C(F)(F)F. The predicted molar refractivity (Wildman–Crippen MR) is 160 cm³/mol. The van der Waals surface area contributed by atoms with Gasteiger partial charge < -0.3 is 34.1 Å². The molecule has 0 aliphatic rings. The van der Waals surface area contributed by atoms with Crippen molar-refractivity contribution in [2.24, 2.45) is 0 Å². The Morgan fingerprint density at radius 3 is 1.82 bits per heavy atom. The van der Waals surface area contributed by atoms with Crippen LogP contribution in [0.3, 0.4) is 0 Å². The number of alkyl halides is 3. The summed E-state index contributed by atoms with van der Waals surface area (Å²) in [5.41, 5.74) is 6.75. The maximum Gasteiger partial charge on any atom is 0.490 e. The standard InChI is InChI=1S/C28H31N2O7P.C2HF3O2/c1-3-18-33-19-20-34-21-22-35-28(31)30(25-16-14-24(29)15-17-25)23(2)38(32,36-26-10-6-4-7-11-26)37-27-12-8-5-9-13-27;3-2(4,5)1(6)7/h1,4-17,23H,18-22,29H2,2H3;(H,6,7). The van der Waals surface area contributed by atoms with E-state index in [4.69, 9.17) is 45.3 Å². The number of nitrogens with two attached hydrogens (primary N) is 1. The van der Waals surface area contributed by atoms with E-state index < -0.39 is 31.6 Å². The second-order valence-electron chi connectivity index (χ2n) is 8.73. The van der Waals surface area contributed by atoms with E-state index in [0.717, 1.165) is 0 Å². The Bertz CT molecular complexity index is 1380. The van der Waals surface area contributed by atoms with Gasteiger partial charge in [0.25, 0.3) is 0 Å². The summed E-state index contributed by atoms with van der Waals surface area (Å²) in [6.07, 6.45) is -0.717. The molecule has 0 aliphatic carbocycles. The molecule has 0 aromatic heterocycles. The fourth-order valence-electron chi connectivity index (χ4n) is 3.29. The molecule has 1 atom stereocenters. The van der Waals surface area contributed by atoms with Crippen LogP contribution in [0.15, 0.2) is 84.9 Å². The number of rotatable bonds is 14. The van der Waals surface area contributed by atoms with Gasteiger partial charge in [0.15, 0.2) is 5.78 Å². The van der Waals surface area contributed by atoms with Gasteiger partial charge in [0, 0.05) is 11.4 Å². The normalized spacial score (nSPS) is 11.6. The van der Waals surface area contributed by atoms with Crippen LogP contribution in [0.25, 0.3) is 0 Å². The highest BCUT2D eigenvalue weighted by Gasteiger charge is 2.44. The molecule has 3 rings (SSSR count). The van der Waals surface area contributed by atoms with Crippen LogP contribution >= 0.6 is 7.60 Å². The molecule has 11 nitrogen and oxygen atoms in total. The molecular formula is C30H32F3N2O9P. The zero-order valence-electron chi connectivity index (χ0n) is 24.1. The fraction of sp³-hybridized carbons (Fsp3) is 0.267. The van der Waals surface area contributed by atoms with E-state index in [9.17, 15) is 22.5 Å². The van der Waals surface area contributed by atoms with Crippen molar-refractivity contribution in [2.45, 2.75) is 18.9 Å². The Hall–Kier alpha value is -4.70. The van der Waals surface area contributed by atoms with E-state index in [1.165, 1.54) is 4.90 Å². The lowest BCUT2D eigenvalue weighted by Crippen LogP contribution is -2.41. The molecule has 0 spiro atoms. The third-order valence-corrected chi connectivity index (χ3v) is 7.48. The number of terminal acetylenes is 1. The molecule has 0 saturated carbocycles. The maximum absolute atomic E-state index is 14.4. The van der Waals surface area contributed by atoms with Gasteiger partial charge in [-0.2, -0.15) is 13.2 Å². The predicted octanol–water partition coefficient (Wildman–Crippen LogP) is 6.21. The molecule has 1 unspecified atom stereocenters. The summed E-state index contributed by atoms with van der Waals surface area (Å²) < 4.78 is 74.0. The minimum absolute atomic E-state index is 0.0461. The summed E-state index contributed by atoms with van der Waals surface area (Å²) >= 11 is 0. The molecule has 0 radical (unpaired) electrons. The highest BCUT2D eigenvalue weighted by Crippen LogP contribution is 2.54. The number of hydrogen-bond donors (Lipinski definition) is 2. The molecule has 3 aromatic rings. The van der Waals surface area contributed by atoms with E-state index in [0.29, 0.717) is 36.1 Å². The van der Waals surface area contributed by atoms with Gasteiger partial charge in [-0.3, -0.25) is 4.90 Å². The van der Waals surface area contributed by atoms with Gasteiger partial charge >= 0.3 is 25.8 Å². The first kappa shape index (κ1) is 36.5. The fourth-order valence-corrected chi connectivity index (χ4v) is 4.97. The topological polar surface area (TPSA) is 147 Å². The quantitative estimate of drug-likeness (QED) is 0.0892. The number of halogens is 3. The van der Waals surface area contributed by atoms with Crippen LogP contribution in [-0.2, 0) is 23.6 Å². The largest absolute Gasteiger partial charge is 0.490 e. The van der Waals surface area contributed by atoms with Gasteiger partial charge in [0.05, 0.1) is 19.8 Å². The van der Waals surface area contributed by atoms with Crippen molar-refractivity contribution in [1.29, 1.82) is 0 Å². The second-order valence-corrected chi connectivity index (χ2v) is 10.9. The Morgan fingerprint density at radius 1 is 0.889 bits per heavy atom. The average molecular weight is 653 g/mol. The second kappa shape index (κ2) is 18.2. The molecule has 0 aliphatic heterocycles. The van der Waals surface area contributed by atoms with Gasteiger partial charge in [0.2, 0.25) is 0 Å². The zero-order chi connectivity index (χ0) is 33.3. The lowest BCUT2D eigenvalue weighted by Gasteiger charge is -2.33.